The molecule has 0 saturated heterocycles. The Bertz CT molecular complexity index is 864. The molecule has 2 heterocycles. The Morgan fingerprint density at radius 3 is 2.76 bits per heavy atom. The van der Waals surface area contributed by atoms with Gasteiger partial charge in [-0.2, -0.15) is 5.10 Å². The molecule has 1 N–H and O–H groups in total. The smallest absolute Gasteiger partial charge is 0.243 e. The SMILES string of the molecule is CCc1nc2ccccc2n1[C@@H](CC)C(=O)NCCn1cc(C)cn1. The Morgan fingerprint density at radius 2 is 2.08 bits per heavy atom. The molecule has 6 heteroatoms. The average Bonchev–Trinajstić information content (AvgIpc) is 3.19. The van der Waals surface area contributed by atoms with E-state index in [1.54, 1.807) is 0 Å². The van der Waals surface area contributed by atoms with Crippen LogP contribution in [-0.4, -0.2) is 31.8 Å². The van der Waals surface area contributed by atoms with Crippen molar-refractivity contribution < 1.29 is 4.79 Å². The minimum Gasteiger partial charge on any atom is -0.352 e. The first-order chi connectivity index (χ1) is 12.1. The van der Waals surface area contributed by atoms with E-state index in [0.29, 0.717) is 13.1 Å². The molecule has 0 fully saturated rings. The van der Waals surface area contributed by atoms with Crippen molar-refractivity contribution in [2.75, 3.05) is 6.54 Å². The van der Waals surface area contributed by atoms with Gasteiger partial charge in [0.15, 0.2) is 0 Å². The number of aryl methyl sites for hydroxylation is 2. The molecular formula is C19H25N5O. The maximum absolute atomic E-state index is 12.8. The summed E-state index contributed by atoms with van der Waals surface area (Å²) >= 11 is 0. The van der Waals surface area contributed by atoms with Crippen molar-refractivity contribution in [2.24, 2.45) is 0 Å². The number of fused-ring (bicyclic) bond motifs is 1. The summed E-state index contributed by atoms with van der Waals surface area (Å²) in [6.45, 7) is 7.34. The van der Waals surface area contributed by atoms with Crippen molar-refractivity contribution in [3.8, 4) is 0 Å². The Hall–Kier alpha value is -2.63. The highest BCUT2D eigenvalue weighted by atomic mass is 16.2. The zero-order chi connectivity index (χ0) is 17.8. The number of benzene rings is 1. The van der Waals surface area contributed by atoms with Crippen LogP contribution in [0.5, 0.6) is 0 Å². The molecule has 2 aromatic heterocycles. The fourth-order valence-corrected chi connectivity index (χ4v) is 3.18. The molecule has 1 amide bonds. The second-order valence-electron chi connectivity index (χ2n) is 6.24. The maximum atomic E-state index is 12.8. The number of imidazole rings is 1. The van der Waals surface area contributed by atoms with Crippen LogP contribution in [0.2, 0.25) is 0 Å². The van der Waals surface area contributed by atoms with Crippen molar-refractivity contribution >= 4 is 16.9 Å². The lowest BCUT2D eigenvalue weighted by Gasteiger charge is -2.20. The number of para-hydroxylation sites is 2. The predicted molar refractivity (Wildman–Crippen MR) is 98.4 cm³/mol. The van der Waals surface area contributed by atoms with E-state index in [-0.39, 0.29) is 11.9 Å². The zero-order valence-corrected chi connectivity index (χ0v) is 15.1. The average molecular weight is 339 g/mol. The molecule has 0 bridgehead atoms. The van der Waals surface area contributed by atoms with Gasteiger partial charge in [0.1, 0.15) is 11.9 Å². The Balaban J connectivity index is 1.76. The van der Waals surface area contributed by atoms with E-state index in [2.05, 4.69) is 26.9 Å². The maximum Gasteiger partial charge on any atom is 0.243 e. The number of hydrogen-bond donors (Lipinski definition) is 1. The molecule has 0 spiro atoms. The van der Waals surface area contributed by atoms with E-state index in [0.717, 1.165) is 35.3 Å². The zero-order valence-electron chi connectivity index (χ0n) is 15.1. The molecule has 0 aliphatic rings. The van der Waals surface area contributed by atoms with Crippen molar-refractivity contribution in [2.45, 2.75) is 46.2 Å². The molecule has 3 aromatic rings. The van der Waals surface area contributed by atoms with Crippen LogP contribution in [-0.2, 0) is 17.8 Å². The summed E-state index contributed by atoms with van der Waals surface area (Å²) in [5, 5.41) is 7.29. The third-order valence-electron chi connectivity index (χ3n) is 4.39. The van der Waals surface area contributed by atoms with Crippen molar-refractivity contribution in [1.29, 1.82) is 0 Å². The van der Waals surface area contributed by atoms with E-state index in [9.17, 15) is 4.79 Å². The van der Waals surface area contributed by atoms with Gasteiger partial charge in [-0.1, -0.05) is 26.0 Å². The first-order valence-electron chi connectivity index (χ1n) is 8.86. The van der Waals surface area contributed by atoms with Crippen molar-refractivity contribution in [3.63, 3.8) is 0 Å². The van der Waals surface area contributed by atoms with Gasteiger partial charge in [0, 0.05) is 19.2 Å². The fourth-order valence-electron chi connectivity index (χ4n) is 3.18. The van der Waals surface area contributed by atoms with Crippen LogP contribution in [0, 0.1) is 6.92 Å². The number of aromatic nitrogens is 4. The van der Waals surface area contributed by atoms with Gasteiger partial charge in [0.25, 0.3) is 0 Å². The van der Waals surface area contributed by atoms with Crippen LogP contribution in [0.25, 0.3) is 11.0 Å². The number of rotatable bonds is 7. The highest BCUT2D eigenvalue weighted by molar-refractivity contribution is 5.84. The van der Waals surface area contributed by atoms with E-state index in [1.165, 1.54) is 0 Å². The Kier molecular flexibility index (Phi) is 5.16. The van der Waals surface area contributed by atoms with E-state index in [4.69, 9.17) is 0 Å². The van der Waals surface area contributed by atoms with Crippen LogP contribution in [0.3, 0.4) is 0 Å². The molecule has 3 rings (SSSR count). The number of nitrogens with one attached hydrogen (secondary N) is 1. The normalized spacial score (nSPS) is 12.4. The summed E-state index contributed by atoms with van der Waals surface area (Å²) in [4.78, 5) is 17.5. The van der Waals surface area contributed by atoms with Crippen molar-refractivity contribution in [3.05, 3.63) is 48.0 Å². The highest BCUT2D eigenvalue weighted by Crippen LogP contribution is 2.23. The standard InChI is InChI=1S/C19H25N5O/c1-4-16(19(25)20-10-11-23-13-14(3)12-21-23)24-17-9-7-6-8-15(17)22-18(24)5-2/h6-9,12-13,16H,4-5,10-11H2,1-3H3,(H,20,25)/t16-/m0/s1. The minimum atomic E-state index is -0.248. The van der Waals surface area contributed by atoms with Gasteiger partial charge in [-0.25, -0.2) is 4.98 Å². The summed E-state index contributed by atoms with van der Waals surface area (Å²) < 4.78 is 3.93. The molecule has 1 aromatic carbocycles. The summed E-state index contributed by atoms with van der Waals surface area (Å²) in [5.41, 5.74) is 3.08. The molecule has 1 atom stereocenters. The van der Waals surface area contributed by atoms with Gasteiger partial charge < -0.3 is 9.88 Å². The number of carbonyl (C=O) groups excluding carboxylic acids is 1. The monoisotopic (exact) mass is 339 g/mol. The minimum absolute atomic E-state index is 0.0317. The third-order valence-corrected chi connectivity index (χ3v) is 4.39. The molecule has 0 saturated carbocycles. The second kappa shape index (κ2) is 7.51. The predicted octanol–water partition coefficient (Wildman–Crippen LogP) is 2.87. The van der Waals surface area contributed by atoms with Gasteiger partial charge in [-0.05, 0) is 31.0 Å². The number of hydrogen-bond acceptors (Lipinski definition) is 3. The molecular weight excluding hydrogens is 314 g/mol. The quantitative estimate of drug-likeness (QED) is 0.720. The van der Waals surface area contributed by atoms with Crippen LogP contribution in [0.15, 0.2) is 36.7 Å². The molecule has 0 aliphatic carbocycles. The summed E-state index contributed by atoms with van der Waals surface area (Å²) in [6, 6.07) is 7.75. The van der Waals surface area contributed by atoms with Crippen LogP contribution < -0.4 is 5.32 Å². The van der Waals surface area contributed by atoms with Crippen LogP contribution in [0.1, 0.15) is 37.7 Å². The lowest BCUT2D eigenvalue weighted by atomic mass is 10.2. The summed E-state index contributed by atoms with van der Waals surface area (Å²) in [5.74, 6) is 0.982. The molecule has 25 heavy (non-hydrogen) atoms. The van der Waals surface area contributed by atoms with E-state index >= 15 is 0 Å². The van der Waals surface area contributed by atoms with E-state index in [1.807, 2.05) is 55.2 Å². The molecule has 0 radical (unpaired) electrons. The largest absolute Gasteiger partial charge is 0.352 e. The lowest BCUT2D eigenvalue weighted by molar-refractivity contribution is -0.124. The first kappa shape index (κ1) is 17.2. The van der Waals surface area contributed by atoms with Gasteiger partial charge >= 0.3 is 0 Å². The van der Waals surface area contributed by atoms with Gasteiger partial charge in [0.2, 0.25) is 5.91 Å². The first-order valence-corrected chi connectivity index (χ1v) is 8.86. The Labute approximate surface area is 147 Å². The third kappa shape index (κ3) is 3.57. The molecule has 132 valence electrons. The number of amides is 1. The number of carbonyl (C=O) groups is 1. The molecule has 0 aliphatic heterocycles. The second-order valence-corrected chi connectivity index (χ2v) is 6.24. The Morgan fingerprint density at radius 1 is 1.28 bits per heavy atom. The number of nitrogens with zero attached hydrogens (tertiary/aromatic N) is 4. The van der Waals surface area contributed by atoms with Crippen LogP contribution in [0.4, 0.5) is 0 Å². The molecule has 6 nitrogen and oxygen atoms in total. The van der Waals surface area contributed by atoms with Crippen LogP contribution >= 0.6 is 0 Å². The lowest BCUT2D eigenvalue weighted by Crippen LogP contribution is -2.35. The van der Waals surface area contributed by atoms with E-state index < -0.39 is 0 Å². The van der Waals surface area contributed by atoms with Crippen molar-refractivity contribution in [1.82, 2.24) is 24.6 Å². The topological polar surface area (TPSA) is 64.7 Å². The highest BCUT2D eigenvalue weighted by Gasteiger charge is 2.23. The van der Waals surface area contributed by atoms with Gasteiger partial charge in [0.05, 0.1) is 23.8 Å². The van der Waals surface area contributed by atoms with Gasteiger partial charge in [-0.3, -0.25) is 9.48 Å². The summed E-state index contributed by atoms with van der Waals surface area (Å²) in [6.07, 6.45) is 5.31. The molecule has 0 unspecified atom stereocenters. The van der Waals surface area contributed by atoms with Gasteiger partial charge in [-0.15, -0.1) is 0 Å². The fraction of sp³-hybridized carbons (Fsp3) is 0.421. The summed E-state index contributed by atoms with van der Waals surface area (Å²) in [7, 11) is 0.